The van der Waals surface area contributed by atoms with Crippen molar-refractivity contribution in [2.45, 2.75) is 0 Å². The van der Waals surface area contributed by atoms with Gasteiger partial charge in [-0.1, -0.05) is 16.8 Å². The minimum absolute atomic E-state index is 0.109. The Morgan fingerprint density at radius 1 is 1.21 bits per heavy atom. The van der Waals surface area contributed by atoms with Gasteiger partial charge in [0, 0.05) is 13.2 Å². The minimum atomic E-state index is -1.55. The van der Waals surface area contributed by atoms with E-state index in [0.717, 1.165) is 11.9 Å². The first-order valence-electron chi connectivity index (χ1n) is 6.66. The molecule has 124 valence electrons. The molecule has 0 spiro atoms. The van der Waals surface area contributed by atoms with Gasteiger partial charge in [-0.15, -0.1) is 0 Å². The second-order valence-electron chi connectivity index (χ2n) is 4.31. The van der Waals surface area contributed by atoms with Crippen molar-refractivity contribution in [2.75, 3.05) is 12.4 Å². The Hall–Kier alpha value is -3.56. The van der Waals surface area contributed by atoms with Gasteiger partial charge in [0.25, 0.3) is 0 Å². The number of aromatic nitrogens is 5. The van der Waals surface area contributed by atoms with Crippen molar-refractivity contribution in [3.8, 4) is 5.69 Å². The monoisotopic (exact) mass is 332 g/mol. The zero-order chi connectivity index (χ0) is 17.5. The summed E-state index contributed by atoms with van der Waals surface area (Å²) in [5.41, 5.74) is -0.865. The molecule has 24 heavy (non-hydrogen) atoms. The lowest BCUT2D eigenvalue weighted by molar-refractivity contribution is 0.191. The number of carboxylic acid groups (broad SMARTS) is 1. The zero-order valence-corrected chi connectivity index (χ0v) is 12.5. The van der Waals surface area contributed by atoms with Gasteiger partial charge in [0.2, 0.25) is 0 Å². The van der Waals surface area contributed by atoms with Gasteiger partial charge in [-0.05, 0) is 40.8 Å². The maximum atomic E-state index is 12.9. The average molecular weight is 332 g/mol. The van der Waals surface area contributed by atoms with E-state index in [4.69, 9.17) is 5.11 Å². The van der Waals surface area contributed by atoms with Gasteiger partial charge in [-0.25, -0.2) is 19.0 Å². The van der Waals surface area contributed by atoms with Gasteiger partial charge in [0.1, 0.15) is 11.6 Å². The third-order valence-electron chi connectivity index (χ3n) is 2.74. The number of carbonyl (C=O) groups is 1. The van der Waals surface area contributed by atoms with Crippen LogP contribution >= 0.6 is 0 Å². The molecule has 3 rings (SSSR count). The molecule has 2 aromatic heterocycles. The molecule has 0 aliphatic heterocycles. The molecule has 9 nitrogen and oxygen atoms in total. The van der Waals surface area contributed by atoms with Crippen molar-refractivity contribution < 1.29 is 14.3 Å². The van der Waals surface area contributed by atoms with E-state index < -0.39 is 17.6 Å². The van der Waals surface area contributed by atoms with Crippen molar-refractivity contribution in [1.82, 2.24) is 24.8 Å². The number of nitrogens with one attached hydrogen (secondary N) is 1. The molecule has 3 aromatic rings. The van der Waals surface area contributed by atoms with Crippen molar-refractivity contribution in [2.24, 2.45) is 0 Å². The number of hydrogen-bond donors (Lipinski definition) is 2. The van der Waals surface area contributed by atoms with E-state index in [-0.39, 0.29) is 10.4 Å². The number of hydrogen-bond acceptors (Lipinski definition) is 6. The van der Waals surface area contributed by atoms with E-state index in [1.54, 1.807) is 6.20 Å². The highest BCUT2D eigenvalue weighted by atomic mass is 19.1. The number of nitrogens with zero attached hydrogens (tertiary/aromatic N) is 5. The Balaban J connectivity index is 0.000000219. The van der Waals surface area contributed by atoms with Crippen LogP contribution in [-0.4, -0.2) is 43.0 Å². The standard InChI is InChI=1S/C8H5FN4O3.C6H8N2/c9-5-2-1-3-6(4-5)12-7(14)13(8(15)16)11-10-12;1-7-6-4-2-3-5-8-6/h1-4H,(H,15,16);2-5H,1H3,(H,7,8). The van der Waals surface area contributed by atoms with Crippen LogP contribution in [0.5, 0.6) is 0 Å². The van der Waals surface area contributed by atoms with E-state index in [2.05, 4.69) is 20.7 Å². The lowest BCUT2D eigenvalue weighted by atomic mass is 10.3. The Kier molecular flexibility index (Phi) is 5.34. The predicted molar refractivity (Wildman–Crippen MR) is 82.8 cm³/mol. The third kappa shape index (κ3) is 4.00. The van der Waals surface area contributed by atoms with Crippen LogP contribution in [-0.2, 0) is 0 Å². The summed E-state index contributed by atoms with van der Waals surface area (Å²) in [5, 5.41) is 17.9. The van der Waals surface area contributed by atoms with Gasteiger partial charge < -0.3 is 10.4 Å². The fourth-order valence-electron chi connectivity index (χ4n) is 1.65. The maximum Gasteiger partial charge on any atom is 0.438 e. The topological polar surface area (TPSA) is 115 Å². The summed E-state index contributed by atoms with van der Waals surface area (Å²) in [7, 11) is 1.85. The van der Waals surface area contributed by atoms with Crippen LogP contribution in [0.1, 0.15) is 0 Å². The molecule has 10 heteroatoms. The van der Waals surface area contributed by atoms with Crippen LogP contribution in [0, 0.1) is 5.82 Å². The van der Waals surface area contributed by atoms with E-state index in [1.165, 1.54) is 18.2 Å². The van der Waals surface area contributed by atoms with Crippen LogP contribution in [0.25, 0.3) is 5.69 Å². The minimum Gasteiger partial charge on any atom is -0.463 e. The predicted octanol–water partition coefficient (Wildman–Crippen LogP) is 1.22. The summed E-state index contributed by atoms with van der Waals surface area (Å²) in [4.78, 5) is 25.9. The summed E-state index contributed by atoms with van der Waals surface area (Å²) >= 11 is 0. The number of halogens is 1. The second kappa shape index (κ2) is 7.63. The Labute approximate surface area is 135 Å². The zero-order valence-electron chi connectivity index (χ0n) is 12.5. The average Bonchev–Trinajstić information content (AvgIpc) is 2.98. The molecule has 0 atom stereocenters. The van der Waals surface area contributed by atoms with E-state index in [0.29, 0.717) is 4.68 Å². The molecule has 2 heterocycles. The van der Waals surface area contributed by atoms with Gasteiger partial charge in [-0.3, -0.25) is 0 Å². The van der Waals surface area contributed by atoms with E-state index in [9.17, 15) is 14.0 Å². The Bertz CT molecular complexity index is 877. The van der Waals surface area contributed by atoms with Crippen molar-refractivity contribution >= 4 is 11.9 Å². The second-order valence-corrected chi connectivity index (χ2v) is 4.31. The van der Waals surface area contributed by atoms with Gasteiger partial charge in [0.05, 0.1) is 5.69 Å². The van der Waals surface area contributed by atoms with Crippen molar-refractivity contribution in [3.05, 3.63) is 65.0 Å². The fourth-order valence-corrected chi connectivity index (χ4v) is 1.65. The molecule has 0 amide bonds. The summed E-state index contributed by atoms with van der Waals surface area (Å²) < 4.78 is 13.7. The maximum absolute atomic E-state index is 12.9. The molecule has 0 saturated heterocycles. The number of rotatable bonds is 2. The third-order valence-corrected chi connectivity index (χ3v) is 2.74. The first kappa shape index (κ1) is 16.8. The highest BCUT2D eigenvalue weighted by Gasteiger charge is 2.13. The van der Waals surface area contributed by atoms with Crippen LogP contribution in [0.15, 0.2) is 53.5 Å². The SMILES string of the molecule is CNc1ccccn1.O=C(O)n1nnn(-c2cccc(F)c2)c1=O. The lowest BCUT2D eigenvalue weighted by Crippen LogP contribution is -2.28. The fraction of sp³-hybridized carbons (Fsp3) is 0.0714. The largest absolute Gasteiger partial charge is 0.463 e. The van der Waals surface area contributed by atoms with E-state index >= 15 is 0 Å². The molecule has 0 unspecified atom stereocenters. The van der Waals surface area contributed by atoms with Gasteiger partial charge >= 0.3 is 11.8 Å². The number of pyridine rings is 1. The van der Waals surface area contributed by atoms with Crippen molar-refractivity contribution in [1.29, 1.82) is 0 Å². The summed E-state index contributed by atoms with van der Waals surface area (Å²) in [6.07, 6.45) is 0.207. The van der Waals surface area contributed by atoms with Crippen LogP contribution < -0.4 is 11.0 Å². The molecule has 0 fully saturated rings. The van der Waals surface area contributed by atoms with Crippen LogP contribution in [0.2, 0.25) is 0 Å². The Morgan fingerprint density at radius 3 is 2.50 bits per heavy atom. The number of tetrazole rings is 1. The summed E-state index contributed by atoms with van der Waals surface area (Å²) in [6, 6.07) is 10.8. The molecule has 0 radical (unpaired) electrons. The Morgan fingerprint density at radius 2 is 2.00 bits per heavy atom. The van der Waals surface area contributed by atoms with E-state index in [1.807, 2.05) is 25.2 Å². The van der Waals surface area contributed by atoms with Gasteiger partial charge in [-0.2, -0.15) is 4.68 Å². The number of benzene rings is 1. The molecule has 0 saturated carbocycles. The highest BCUT2D eigenvalue weighted by molar-refractivity contribution is 5.66. The smallest absolute Gasteiger partial charge is 0.438 e. The highest BCUT2D eigenvalue weighted by Crippen LogP contribution is 2.05. The van der Waals surface area contributed by atoms with Crippen molar-refractivity contribution in [3.63, 3.8) is 0 Å². The first-order valence-corrected chi connectivity index (χ1v) is 6.66. The summed E-state index contributed by atoms with van der Waals surface area (Å²) in [5.74, 6) is 0.349. The molecule has 0 aliphatic rings. The normalized spacial score (nSPS) is 9.75. The summed E-state index contributed by atoms with van der Waals surface area (Å²) in [6.45, 7) is 0. The molecule has 2 N–H and O–H groups in total. The first-order chi connectivity index (χ1) is 11.5. The number of anilines is 1. The molecular formula is C14H13FN6O3. The van der Waals surface area contributed by atoms with Gasteiger partial charge in [0.15, 0.2) is 0 Å². The lowest BCUT2D eigenvalue weighted by Gasteiger charge is -1.96. The molecular weight excluding hydrogens is 319 g/mol. The quantitative estimate of drug-likeness (QED) is 0.678. The van der Waals surface area contributed by atoms with Crippen LogP contribution in [0.3, 0.4) is 0 Å². The van der Waals surface area contributed by atoms with Crippen LogP contribution in [0.4, 0.5) is 15.0 Å². The molecule has 0 bridgehead atoms. The molecule has 0 aliphatic carbocycles. The molecule has 1 aromatic carbocycles.